The fourth-order valence-electron chi connectivity index (χ4n) is 0.466. The molecule has 0 amide bonds. The number of thioether (sulfide) groups is 1. The molecule has 5 heteroatoms. The molecular weight excluding hydrogens is 206 g/mol. The van der Waals surface area contributed by atoms with E-state index in [2.05, 4.69) is 20.9 Å². The molecule has 0 bridgehead atoms. The van der Waals surface area contributed by atoms with Crippen molar-refractivity contribution in [3.8, 4) is 0 Å². The fourth-order valence-corrected chi connectivity index (χ4v) is 1.90. The average Bonchev–Trinajstić information content (AvgIpc) is 2.14. The molecule has 0 saturated heterocycles. The summed E-state index contributed by atoms with van der Waals surface area (Å²) in [4.78, 5) is 14.0. The number of carboxylic acid groups (broad SMARTS) is 1. The molecule has 50 valence electrons. The van der Waals surface area contributed by atoms with Crippen LogP contribution in [0, 0.1) is 0 Å². The molecule has 0 aromatic heterocycles. The summed E-state index contributed by atoms with van der Waals surface area (Å²) >= 11 is 4.44. The predicted octanol–water partition coefficient (Wildman–Crippen LogP) is 0.937. The zero-order valence-electron chi connectivity index (χ0n) is 4.37. The molecule has 9 heavy (non-hydrogen) atoms. The van der Waals surface area contributed by atoms with E-state index < -0.39 is 5.97 Å². The Morgan fingerprint density at radius 1 is 2.00 bits per heavy atom. The molecular formula is C4H4BrNO2S. The Labute approximate surface area is 64.7 Å². The summed E-state index contributed by atoms with van der Waals surface area (Å²) < 4.78 is 0. The van der Waals surface area contributed by atoms with E-state index >= 15 is 0 Å². The SMILES string of the molecule is O=C(O)C1=NC(Br)CS1. The molecule has 1 unspecified atom stereocenters. The number of aliphatic carboxylic acids is 1. The zero-order chi connectivity index (χ0) is 6.85. The molecule has 0 radical (unpaired) electrons. The molecule has 0 aromatic carbocycles. The van der Waals surface area contributed by atoms with Gasteiger partial charge in [0, 0.05) is 5.75 Å². The highest BCUT2D eigenvalue weighted by Crippen LogP contribution is 2.21. The van der Waals surface area contributed by atoms with E-state index in [1.165, 1.54) is 11.8 Å². The summed E-state index contributed by atoms with van der Waals surface area (Å²) in [6.45, 7) is 0. The van der Waals surface area contributed by atoms with Gasteiger partial charge in [0.25, 0.3) is 0 Å². The first-order valence-electron chi connectivity index (χ1n) is 2.28. The molecule has 0 fully saturated rings. The lowest BCUT2D eigenvalue weighted by Crippen LogP contribution is -2.05. The molecule has 1 N–H and O–H groups in total. The van der Waals surface area contributed by atoms with Crippen molar-refractivity contribution in [2.24, 2.45) is 4.99 Å². The number of rotatable bonds is 1. The standard InChI is InChI=1S/C4H4BrNO2S/c5-2-1-9-3(6-2)4(7)8/h2H,1H2,(H,7,8). The maximum Gasteiger partial charge on any atom is 0.360 e. The minimum atomic E-state index is -0.929. The summed E-state index contributed by atoms with van der Waals surface area (Å²) in [5, 5.41) is 8.56. The van der Waals surface area contributed by atoms with Crippen LogP contribution in [0.2, 0.25) is 0 Å². The van der Waals surface area contributed by atoms with E-state index in [4.69, 9.17) is 5.11 Å². The highest BCUT2D eigenvalue weighted by atomic mass is 79.9. The van der Waals surface area contributed by atoms with Crippen molar-refractivity contribution in [1.82, 2.24) is 0 Å². The van der Waals surface area contributed by atoms with Crippen LogP contribution in [0.4, 0.5) is 0 Å². The van der Waals surface area contributed by atoms with E-state index in [0.29, 0.717) is 0 Å². The molecule has 0 aliphatic carbocycles. The van der Waals surface area contributed by atoms with Crippen molar-refractivity contribution in [3.63, 3.8) is 0 Å². The van der Waals surface area contributed by atoms with Gasteiger partial charge in [-0.2, -0.15) is 0 Å². The lowest BCUT2D eigenvalue weighted by molar-refractivity contribution is -0.129. The third kappa shape index (κ3) is 1.69. The number of hydrogen-bond donors (Lipinski definition) is 1. The van der Waals surface area contributed by atoms with Crippen LogP contribution in [-0.4, -0.2) is 26.8 Å². The summed E-state index contributed by atoms with van der Waals surface area (Å²) in [7, 11) is 0. The quantitative estimate of drug-likeness (QED) is 0.517. The van der Waals surface area contributed by atoms with E-state index in [1.807, 2.05) is 0 Å². The predicted molar refractivity (Wildman–Crippen MR) is 40.2 cm³/mol. The number of carboxylic acids is 1. The maximum atomic E-state index is 10.2. The number of halogens is 1. The summed E-state index contributed by atoms with van der Waals surface area (Å²) in [6, 6.07) is 0. The van der Waals surface area contributed by atoms with Crippen molar-refractivity contribution in [2.45, 2.75) is 4.95 Å². The Morgan fingerprint density at radius 3 is 2.89 bits per heavy atom. The second-order valence-electron chi connectivity index (χ2n) is 1.48. The summed E-state index contributed by atoms with van der Waals surface area (Å²) in [5.74, 6) is -0.205. The van der Waals surface area contributed by atoms with Gasteiger partial charge in [-0.3, -0.25) is 4.99 Å². The Kier molecular flexibility index (Phi) is 2.13. The summed E-state index contributed by atoms with van der Waals surface area (Å²) in [6.07, 6.45) is 0. The van der Waals surface area contributed by atoms with Crippen molar-refractivity contribution in [2.75, 3.05) is 5.75 Å². The number of alkyl halides is 1. The lowest BCUT2D eigenvalue weighted by Gasteiger charge is -1.84. The number of carbonyl (C=O) groups is 1. The van der Waals surface area contributed by atoms with E-state index in [1.54, 1.807) is 0 Å². The maximum absolute atomic E-state index is 10.2. The van der Waals surface area contributed by atoms with Crippen LogP contribution in [-0.2, 0) is 4.79 Å². The topological polar surface area (TPSA) is 49.7 Å². The lowest BCUT2D eigenvalue weighted by atomic mass is 10.7. The van der Waals surface area contributed by atoms with Gasteiger partial charge in [-0.05, 0) is 0 Å². The first kappa shape index (κ1) is 7.08. The fraction of sp³-hybridized carbons (Fsp3) is 0.500. The molecule has 1 rings (SSSR count). The van der Waals surface area contributed by atoms with Crippen LogP contribution >= 0.6 is 27.7 Å². The van der Waals surface area contributed by atoms with Gasteiger partial charge >= 0.3 is 5.97 Å². The molecule has 1 atom stereocenters. The van der Waals surface area contributed by atoms with Gasteiger partial charge in [0.2, 0.25) is 0 Å². The largest absolute Gasteiger partial charge is 0.476 e. The normalized spacial score (nSPS) is 25.9. The highest BCUT2D eigenvalue weighted by Gasteiger charge is 2.20. The second kappa shape index (κ2) is 2.70. The first-order valence-corrected chi connectivity index (χ1v) is 4.18. The Bertz CT molecular complexity index is 170. The van der Waals surface area contributed by atoms with Crippen LogP contribution in [0.3, 0.4) is 0 Å². The minimum absolute atomic E-state index is 0.00593. The van der Waals surface area contributed by atoms with Crippen molar-refractivity contribution >= 4 is 38.7 Å². The molecule has 0 aromatic rings. The Balaban J connectivity index is 2.62. The van der Waals surface area contributed by atoms with E-state index in [0.717, 1.165) is 5.75 Å². The molecule has 1 heterocycles. The summed E-state index contributed by atoms with van der Waals surface area (Å²) in [5.41, 5.74) is 0. The Morgan fingerprint density at radius 2 is 2.67 bits per heavy atom. The monoisotopic (exact) mass is 209 g/mol. The second-order valence-corrected chi connectivity index (χ2v) is 3.55. The minimum Gasteiger partial charge on any atom is -0.476 e. The Hall–Kier alpha value is -0.0300. The van der Waals surface area contributed by atoms with Gasteiger partial charge in [-0.1, -0.05) is 27.7 Å². The van der Waals surface area contributed by atoms with Crippen molar-refractivity contribution < 1.29 is 9.90 Å². The third-order valence-electron chi connectivity index (χ3n) is 0.798. The molecule has 1 aliphatic rings. The number of nitrogens with zero attached hydrogens (tertiary/aromatic N) is 1. The molecule has 3 nitrogen and oxygen atoms in total. The van der Waals surface area contributed by atoms with Crippen molar-refractivity contribution in [3.05, 3.63) is 0 Å². The highest BCUT2D eigenvalue weighted by molar-refractivity contribution is 9.09. The van der Waals surface area contributed by atoms with E-state index in [9.17, 15) is 4.79 Å². The zero-order valence-corrected chi connectivity index (χ0v) is 6.78. The smallest absolute Gasteiger partial charge is 0.360 e. The molecule has 0 spiro atoms. The van der Waals surface area contributed by atoms with E-state index in [-0.39, 0.29) is 9.99 Å². The van der Waals surface area contributed by atoms with Crippen LogP contribution in [0.1, 0.15) is 0 Å². The van der Waals surface area contributed by atoms with Crippen LogP contribution in [0.5, 0.6) is 0 Å². The van der Waals surface area contributed by atoms with Crippen LogP contribution in [0.15, 0.2) is 4.99 Å². The van der Waals surface area contributed by atoms with Gasteiger partial charge in [0.15, 0.2) is 5.04 Å². The molecule has 1 aliphatic heterocycles. The van der Waals surface area contributed by atoms with Gasteiger partial charge in [-0.15, -0.1) is 0 Å². The number of aliphatic imine (C=N–C) groups is 1. The van der Waals surface area contributed by atoms with Gasteiger partial charge in [0.05, 0.1) is 0 Å². The average molecular weight is 210 g/mol. The van der Waals surface area contributed by atoms with Crippen LogP contribution < -0.4 is 0 Å². The molecule has 0 saturated carbocycles. The van der Waals surface area contributed by atoms with Crippen LogP contribution in [0.25, 0.3) is 0 Å². The van der Waals surface area contributed by atoms with Gasteiger partial charge < -0.3 is 5.11 Å². The van der Waals surface area contributed by atoms with Gasteiger partial charge in [0.1, 0.15) is 4.95 Å². The van der Waals surface area contributed by atoms with Crippen molar-refractivity contribution in [1.29, 1.82) is 0 Å². The van der Waals surface area contributed by atoms with Gasteiger partial charge in [-0.25, -0.2) is 4.79 Å². The number of hydrogen-bond acceptors (Lipinski definition) is 3. The third-order valence-corrected chi connectivity index (χ3v) is 2.79. The first-order chi connectivity index (χ1) is 4.20.